The first-order valence-electron chi connectivity index (χ1n) is 2.60. The van der Waals surface area contributed by atoms with Gasteiger partial charge in [0.25, 0.3) is 0 Å². The van der Waals surface area contributed by atoms with E-state index in [0.29, 0.717) is 10.6 Å². The van der Waals surface area contributed by atoms with E-state index >= 15 is 0 Å². The number of rotatable bonds is 2. The van der Waals surface area contributed by atoms with Crippen molar-refractivity contribution in [3.63, 3.8) is 0 Å². The topological polar surface area (TPSA) is 64.4 Å². The van der Waals surface area contributed by atoms with Gasteiger partial charge in [0, 0.05) is 4.86 Å². The Balaban J connectivity index is 4.04. The van der Waals surface area contributed by atoms with Gasteiger partial charge in [0.15, 0.2) is 0 Å². The summed E-state index contributed by atoms with van der Waals surface area (Å²) in [5.41, 5.74) is 6.19. The third-order valence-corrected chi connectivity index (χ3v) is 1.35. The van der Waals surface area contributed by atoms with Crippen LogP contribution in [-0.4, -0.2) is 16.6 Å². The van der Waals surface area contributed by atoms with Gasteiger partial charge in [-0.1, -0.05) is 12.2 Å². The summed E-state index contributed by atoms with van der Waals surface area (Å²) >= 11 is 4.80. The lowest BCUT2D eigenvalue weighted by Crippen LogP contribution is -2.35. The smallest absolute Gasteiger partial charge is 0.0761 e. The highest BCUT2D eigenvalue weighted by atomic mass is 32.1. The summed E-state index contributed by atoms with van der Waals surface area (Å²) in [6.07, 6.45) is 0. The molecule has 1 atom stereocenters. The Kier molecular flexibility index (Phi) is 3.34. The van der Waals surface area contributed by atoms with E-state index in [-0.39, 0.29) is 6.04 Å². The molecule has 0 heterocycles. The van der Waals surface area contributed by atoms with Gasteiger partial charge in [0.2, 0.25) is 0 Å². The Bertz CT molecular complexity index is 141. The second-order valence-electron chi connectivity index (χ2n) is 1.86. The maximum Gasteiger partial charge on any atom is 0.0761 e. The van der Waals surface area contributed by atoms with Gasteiger partial charge in [-0.15, -0.1) is 0 Å². The van der Waals surface area contributed by atoms with Crippen molar-refractivity contribution in [2.24, 2.45) is 16.7 Å². The molecule has 1 unspecified atom stereocenters. The van der Waals surface area contributed by atoms with E-state index in [1.54, 1.807) is 13.8 Å². The largest absolute Gasteiger partial charge is 0.323 e. The quantitative estimate of drug-likeness (QED) is 0.249. The molecular formula is C5H11N3S. The second-order valence-corrected chi connectivity index (χ2v) is 2.50. The molecule has 0 aromatic carbocycles. The lowest BCUT2D eigenvalue weighted by molar-refractivity contribution is 1.09. The van der Waals surface area contributed by atoms with Crippen molar-refractivity contribution in [1.29, 1.82) is 0 Å². The van der Waals surface area contributed by atoms with Crippen LogP contribution in [0.2, 0.25) is 0 Å². The van der Waals surface area contributed by atoms with Crippen LogP contribution < -0.4 is 11.6 Å². The van der Waals surface area contributed by atoms with Crippen molar-refractivity contribution < 1.29 is 0 Å². The Morgan fingerprint density at radius 3 is 2.11 bits per heavy atom. The van der Waals surface area contributed by atoms with Crippen LogP contribution >= 0.6 is 12.2 Å². The number of nitrogens with two attached hydrogens (primary N) is 2. The second kappa shape index (κ2) is 3.53. The highest BCUT2D eigenvalue weighted by Crippen LogP contribution is 1.87. The molecule has 0 saturated heterocycles. The van der Waals surface area contributed by atoms with Crippen molar-refractivity contribution in [2.75, 3.05) is 0 Å². The molecule has 0 aliphatic rings. The highest BCUT2D eigenvalue weighted by Gasteiger charge is 2.06. The predicted octanol–water partition coefficient (Wildman–Crippen LogP) is 0.0381. The molecule has 3 nitrogen and oxygen atoms in total. The van der Waals surface area contributed by atoms with Gasteiger partial charge in [-0.2, -0.15) is 5.10 Å². The third-order valence-electron chi connectivity index (χ3n) is 1.09. The molecule has 0 aliphatic heterocycles. The molecule has 0 saturated carbocycles. The fourth-order valence-electron chi connectivity index (χ4n) is 0.374. The van der Waals surface area contributed by atoms with Gasteiger partial charge >= 0.3 is 0 Å². The number of nitrogens with zero attached hydrogens (tertiary/aromatic N) is 1. The first kappa shape index (κ1) is 8.52. The Labute approximate surface area is 60.1 Å². The van der Waals surface area contributed by atoms with Crippen molar-refractivity contribution in [3.05, 3.63) is 0 Å². The Morgan fingerprint density at radius 2 is 2.00 bits per heavy atom. The van der Waals surface area contributed by atoms with Crippen LogP contribution in [0.15, 0.2) is 5.10 Å². The van der Waals surface area contributed by atoms with E-state index < -0.39 is 0 Å². The van der Waals surface area contributed by atoms with Crippen LogP contribution in [0.25, 0.3) is 0 Å². The number of thiocarbonyl (C=S) groups is 1. The van der Waals surface area contributed by atoms with E-state index in [9.17, 15) is 0 Å². The summed E-state index contributed by atoms with van der Waals surface area (Å²) in [5.74, 6) is 4.96. The average molecular weight is 145 g/mol. The fraction of sp³-hybridized carbons (Fsp3) is 0.600. The molecule has 0 aromatic heterocycles. The van der Waals surface area contributed by atoms with Gasteiger partial charge in [0.1, 0.15) is 0 Å². The van der Waals surface area contributed by atoms with Crippen molar-refractivity contribution in [2.45, 2.75) is 19.9 Å². The van der Waals surface area contributed by atoms with Gasteiger partial charge in [-0.3, -0.25) is 0 Å². The van der Waals surface area contributed by atoms with Crippen molar-refractivity contribution in [1.82, 2.24) is 0 Å². The van der Waals surface area contributed by atoms with Gasteiger partial charge in [0.05, 0.1) is 11.8 Å². The Hall–Kier alpha value is -0.480. The molecule has 0 bridgehead atoms. The minimum absolute atomic E-state index is 0.259. The van der Waals surface area contributed by atoms with Crippen LogP contribution in [0.3, 0.4) is 0 Å². The molecule has 0 aliphatic carbocycles. The zero-order valence-corrected chi connectivity index (χ0v) is 6.40. The van der Waals surface area contributed by atoms with E-state index in [4.69, 9.17) is 23.8 Å². The zero-order chi connectivity index (χ0) is 7.44. The summed E-state index contributed by atoms with van der Waals surface area (Å²) in [6, 6.07) is -0.259. The summed E-state index contributed by atoms with van der Waals surface area (Å²) in [7, 11) is 0. The minimum Gasteiger partial charge on any atom is -0.323 e. The van der Waals surface area contributed by atoms with Gasteiger partial charge in [-0.25, -0.2) is 0 Å². The summed E-state index contributed by atoms with van der Waals surface area (Å²) in [6.45, 7) is 3.52. The van der Waals surface area contributed by atoms with Crippen LogP contribution in [0.4, 0.5) is 0 Å². The molecule has 0 aromatic rings. The van der Waals surface area contributed by atoms with Gasteiger partial charge in [-0.05, 0) is 13.8 Å². The predicted molar refractivity (Wildman–Crippen MR) is 43.5 cm³/mol. The monoisotopic (exact) mass is 145 g/mol. The molecule has 0 amide bonds. The highest BCUT2D eigenvalue weighted by molar-refractivity contribution is 7.80. The van der Waals surface area contributed by atoms with E-state index in [1.165, 1.54) is 0 Å². The van der Waals surface area contributed by atoms with Gasteiger partial charge < -0.3 is 11.6 Å². The Morgan fingerprint density at radius 1 is 1.56 bits per heavy atom. The van der Waals surface area contributed by atoms with E-state index in [1.807, 2.05) is 0 Å². The van der Waals surface area contributed by atoms with Crippen LogP contribution in [-0.2, 0) is 0 Å². The lowest BCUT2D eigenvalue weighted by atomic mass is 10.1. The maximum absolute atomic E-state index is 5.52. The zero-order valence-electron chi connectivity index (χ0n) is 5.59. The minimum atomic E-state index is -0.259. The number of hydrogen-bond donors (Lipinski definition) is 2. The van der Waals surface area contributed by atoms with E-state index in [0.717, 1.165) is 0 Å². The van der Waals surface area contributed by atoms with Crippen LogP contribution in [0, 0.1) is 0 Å². The molecule has 0 spiro atoms. The fourth-order valence-corrected chi connectivity index (χ4v) is 0.545. The first-order valence-corrected chi connectivity index (χ1v) is 3.00. The number of hydrazone groups is 1. The van der Waals surface area contributed by atoms with Crippen LogP contribution in [0.5, 0.6) is 0 Å². The standard InChI is InChI=1S/C5H11N3S/c1-3(8-7)5(6)4(2)9/h5H,6-7H2,1-2H3/b8-3-. The molecule has 0 rings (SSSR count). The molecule has 4 N–H and O–H groups in total. The van der Waals surface area contributed by atoms with Crippen LogP contribution in [0.1, 0.15) is 13.8 Å². The average Bonchev–Trinajstić information content (AvgIpc) is 1.84. The molecule has 9 heavy (non-hydrogen) atoms. The molecule has 0 fully saturated rings. The third kappa shape index (κ3) is 2.53. The maximum atomic E-state index is 5.52. The van der Waals surface area contributed by atoms with E-state index in [2.05, 4.69) is 5.10 Å². The summed E-state index contributed by atoms with van der Waals surface area (Å²) < 4.78 is 0. The molecule has 4 heteroatoms. The number of hydrogen-bond acceptors (Lipinski definition) is 4. The van der Waals surface area contributed by atoms with Crippen molar-refractivity contribution >= 4 is 22.8 Å². The summed E-state index contributed by atoms with van der Waals surface area (Å²) in [4.78, 5) is 0.710. The normalized spacial score (nSPS) is 15.2. The molecule has 0 radical (unpaired) electrons. The molecule has 52 valence electrons. The molecular weight excluding hydrogens is 134 g/mol. The SMILES string of the molecule is CC(=S)C(N)/C(C)=N\N. The first-order chi connectivity index (χ1) is 4.09. The summed E-state index contributed by atoms with van der Waals surface area (Å²) in [5, 5.41) is 3.41. The van der Waals surface area contributed by atoms with Crippen molar-refractivity contribution in [3.8, 4) is 0 Å². The lowest BCUT2D eigenvalue weighted by Gasteiger charge is -2.06.